The van der Waals surface area contributed by atoms with Gasteiger partial charge < -0.3 is 36.0 Å². The maximum absolute atomic E-state index is 12.9. The molecule has 0 aliphatic carbocycles. The van der Waals surface area contributed by atoms with Crippen molar-refractivity contribution in [1.82, 2.24) is 15.1 Å². The van der Waals surface area contributed by atoms with Gasteiger partial charge in [-0.2, -0.15) is 0 Å². The first-order chi connectivity index (χ1) is 15.1. The zero-order valence-electron chi connectivity index (χ0n) is 17.6. The van der Waals surface area contributed by atoms with Crippen molar-refractivity contribution in [1.29, 1.82) is 0 Å². The van der Waals surface area contributed by atoms with Gasteiger partial charge in [0.05, 0.1) is 11.9 Å². The van der Waals surface area contributed by atoms with Gasteiger partial charge in [0.1, 0.15) is 0 Å². The molecule has 5 N–H and O–H groups in total. The minimum absolute atomic E-state index is 0.0279. The smallest absolute Gasteiger partial charge is 0.253 e. The summed E-state index contributed by atoms with van der Waals surface area (Å²) in [7, 11) is 0. The molecule has 1 aromatic rings. The number of aliphatic hydroxyl groups excluding tert-OH is 1. The van der Waals surface area contributed by atoms with Gasteiger partial charge in [0.15, 0.2) is 17.3 Å². The minimum atomic E-state index is -0.959. The first-order valence-electron chi connectivity index (χ1n) is 11.2. The van der Waals surface area contributed by atoms with E-state index in [0.29, 0.717) is 35.1 Å². The zero-order chi connectivity index (χ0) is 21.4. The fraction of sp³-hybridized carbons (Fsp3) is 0.545. The molecule has 0 saturated carbocycles. The number of ether oxygens (including phenoxy) is 1. The van der Waals surface area contributed by atoms with Crippen LogP contribution in [0.1, 0.15) is 42.5 Å². The SMILES string of the molecule is N[C@@H]1CCCN(C(=O)c2ccc3c(c2)NC2=NC(O)N(C4CCCNCC4)C=C2O3)C1. The number of anilines is 1. The highest BCUT2D eigenvalue weighted by atomic mass is 16.5. The van der Waals surface area contributed by atoms with E-state index in [1.165, 1.54) is 0 Å². The van der Waals surface area contributed by atoms with E-state index < -0.39 is 6.35 Å². The standard InChI is InChI=1S/C22H30N6O3/c23-15-3-2-10-27(12-15)21(29)14-5-6-18-17(11-14)25-20-19(31-18)13-28(22(30)26-20)16-4-1-8-24-9-7-16/h5-6,11,13,15-16,22,24,30H,1-4,7-10,12,23H2,(H,25,26)/t15-,16?,22?/m1/s1. The molecule has 9 heteroatoms. The Labute approximate surface area is 181 Å². The molecule has 2 fully saturated rings. The molecule has 1 amide bonds. The quantitative estimate of drug-likeness (QED) is 0.558. The predicted molar refractivity (Wildman–Crippen MR) is 118 cm³/mol. The topological polar surface area (TPSA) is 115 Å². The van der Waals surface area contributed by atoms with Crippen molar-refractivity contribution in [3.05, 3.63) is 35.7 Å². The molecule has 9 nitrogen and oxygen atoms in total. The Morgan fingerprint density at radius 1 is 1.23 bits per heavy atom. The number of hydrogen-bond acceptors (Lipinski definition) is 8. The number of amides is 1. The Kier molecular flexibility index (Phi) is 5.56. The fourth-order valence-electron chi connectivity index (χ4n) is 4.74. The molecule has 0 bridgehead atoms. The van der Waals surface area contributed by atoms with Crippen LogP contribution in [-0.4, -0.2) is 71.3 Å². The third-order valence-electron chi connectivity index (χ3n) is 6.42. The second-order valence-corrected chi connectivity index (χ2v) is 8.69. The van der Waals surface area contributed by atoms with Crippen LogP contribution < -0.4 is 21.1 Å². The number of piperidine rings is 1. The average Bonchev–Trinajstić information content (AvgIpc) is 3.06. The highest BCUT2D eigenvalue weighted by molar-refractivity contribution is 6.10. The van der Waals surface area contributed by atoms with Gasteiger partial charge in [0.2, 0.25) is 6.35 Å². The van der Waals surface area contributed by atoms with Gasteiger partial charge in [-0.05, 0) is 63.4 Å². The molecule has 0 aromatic heterocycles. The van der Waals surface area contributed by atoms with E-state index in [0.717, 1.165) is 51.7 Å². The molecule has 5 rings (SSSR count). The molecule has 2 saturated heterocycles. The third-order valence-corrected chi connectivity index (χ3v) is 6.42. The molecule has 2 unspecified atom stereocenters. The van der Waals surface area contributed by atoms with Gasteiger partial charge in [-0.15, -0.1) is 0 Å². The molecular formula is C22H30N6O3. The van der Waals surface area contributed by atoms with Gasteiger partial charge in [0.25, 0.3) is 5.91 Å². The van der Waals surface area contributed by atoms with Crippen molar-refractivity contribution in [3.8, 4) is 5.75 Å². The van der Waals surface area contributed by atoms with Crippen LogP contribution in [0, 0.1) is 0 Å². The van der Waals surface area contributed by atoms with Gasteiger partial charge in [-0.1, -0.05) is 0 Å². The summed E-state index contributed by atoms with van der Waals surface area (Å²) in [5.74, 6) is 1.67. The molecule has 1 aromatic carbocycles. The number of carbonyl (C=O) groups is 1. The lowest BCUT2D eigenvalue weighted by molar-refractivity contribution is 0.00940. The number of amidine groups is 1. The van der Waals surface area contributed by atoms with Crippen molar-refractivity contribution in [2.45, 2.75) is 50.5 Å². The van der Waals surface area contributed by atoms with E-state index in [4.69, 9.17) is 10.5 Å². The van der Waals surface area contributed by atoms with Crippen LogP contribution in [0.25, 0.3) is 0 Å². The van der Waals surface area contributed by atoms with E-state index in [-0.39, 0.29) is 18.0 Å². The Balaban J connectivity index is 1.35. The predicted octanol–water partition coefficient (Wildman–Crippen LogP) is 1.03. The van der Waals surface area contributed by atoms with Gasteiger partial charge >= 0.3 is 0 Å². The van der Waals surface area contributed by atoms with E-state index in [9.17, 15) is 9.90 Å². The summed E-state index contributed by atoms with van der Waals surface area (Å²) in [5, 5.41) is 17.3. The summed E-state index contributed by atoms with van der Waals surface area (Å²) in [5.41, 5.74) is 7.29. The van der Waals surface area contributed by atoms with Crippen LogP contribution in [0.5, 0.6) is 5.75 Å². The Hall–Kier alpha value is -2.62. The summed E-state index contributed by atoms with van der Waals surface area (Å²) < 4.78 is 6.09. The number of aliphatic imine (C=N–C) groups is 1. The minimum Gasteiger partial charge on any atom is -0.450 e. The number of hydrogen-bond donors (Lipinski definition) is 4. The first kappa shape index (κ1) is 20.3. The monoisotopic (exact) mass is 426 g/mol. The maximum atomic E-state index is 12.9. The summed E-state index contributed by atoms with van der Waals surface area (Å²) in [6.07, 6.45) is 5.78. The molecule has 166 valence electrons. The van der Waals surface area contributed by atoms with E-state index in [1.807, 2.05) is 22.1 Å². The number of nitrogens with two attached hydrogens (primary N) is 1. The number of rotatable bonds is 2. The van der Waals surface area contributed by atoms with Gasteiger partial charge in [-0.25, -0.2) is 4.99 Å². The number of nitrogens with one attached hydrogen (secondary N) is 2. The third kappa shape index (κ3) is 4.13. The van der Waals surface area contributed by atoms with Crippen molar-refractivity contribution in [2.24, 2.45) is 10.7 Å². The van der Waals surface area contributed by atoms with E-state index in [1.54, 1.807) is 12.1 Å². The normalized spacial score (nSPS) is 28.3. The summed E-state index contributed by atoms with van der Waals surface area (Å²) in [6, 6.07) is 5.63. The number of benzene rings is 1. The number of carbonyl (C=O) groups excluding carboxylic acids is 1. The fourth-order valence-corrected chi connectivity index (χ4v) is 4.74. The molecular weight excluding hydrogens is 396 g/mol. The van der Waals surface area contributed by atoms with Gasteiger partial charge in [0, 0.05) is 30.7 Å². The van der Waals surface area contributed by atoms with Crippen molar-refractivity contribution in [3.63, 3.8) is 0 Å². The second-order valence-electron chi connectivity index (χ2n) is 8.69. The number of nitrogens with zero attached hydrogens (tertiary/aromatic N) is 3. The second kappa shape index (κ2) is 8.49. The Morgan fingerprint density at radius 2 is 2.13 bits per heavy atom. The van der Waals surface area contributed by atoms with Crippen LogP contribution >= 0.6 is 0 Å². The molecule has 0 spiro atoms. The molecule has 3 atom stereocenters. The van der Waals surface area contributed by atoms with Gasteiger partial charge in [-0.3, -0.25) is 4.79 Å². The lowest BCUT2D eigenvalue weighted by Crippen LogP contribution is -2.45. The molecule has 4 heterocycles. The molecule has 31 heavy (non-hydrogen) atoms. The van der Waals surface area contributed by atoms with Crippen molar-refractivity contribution >= 4 is 17.4 Å². The number of likely N-dealkylation sites (tertiary alicyclic amines) is 1. The van der Waals surface area contributed by atoms with Crippen LogP contribution in [-0.2, 0) is 0 Å². The lowest BCUT2D eigenvalue weighted by atomic mass is 10.0. The molecule has 4 aliphatic heterocycles. The maximum Gasteiger partial charge on any atom is 0.253 e. The van der Waals surface area contributed by atoms with Crippen LogP contribution in [0.2, 0.25) is 0 Å². The summed E-state index contributed by atoms with van der Waals surface area (Å²) in [4.78, 5) is 21.0. The van der Waals surface area contributed by atoms with E-state index >= 15 is 0 Å². The van der Waals surface area contributed by atoms with Crippen LogP contribution in [0.4, 0.5) is 5.69 Å². The van der Waals surface area contributed by atoms with Crippen LogP contribution in [0.3, 0.4) is 0 Å². The molecule has 4 aliphatic rings. The summed E-state index contributed by atoms with van der Waals surface area (Å²) >= 11 is 0. The van der Waals surface area contributed by atoms with Crippen LogP contribution in [0.15, 0.2) is 35.2 Å². The number of aliphatic hydroxyl groups is 1. The lowest BCUT2D eigenvalue weighted by Gasteiger charge is -2.37. The number of fused-ring (bicyclic) bond motifs is 2. The highest BCUT2D eigenvalue weighted by Gasteiger charge is 2.32. The Bertz CT molecular complexity index is 909. The average molecular weight is 427 g/mol. The van der Waals surface area contributed by atoms with E-state index in [2.05, 4.69) is 15.6 Å². The highest BCUT2D eigenvalue weighted by Crippen LogP contribution is 2.35. The Morgan fingerprint density at radius 3 is 3.00 bits per heavy atom. The largest absolute Gasteiger partial charge is 0.450 e. The zero-order valence-corrected chi connectivity index (χ0v) is 17.6. The van der Waals surface area contributed by atoms with Crippen molar-refractivity contribution < 1.29 is 14.6 Å². The summed E-state index contributed by atoms with van der Waals surface area (Å²) in [6.45, 7) is 3.24. The molecule has 0 radical (unpaired) electrons. The first-order valence-corrected chi connectivity index (χ1v) is 11.2. The van der Waals surface area contributed by atoms with Crippen molar-refractivity contribution in [2.75, 3.05) is 31.5 Å².